The van der Waals surface area contributed by atoms with Crippen LogP contribution in [0.5, 0.6) is 0 Å². The average Bonchev–Trinajstić information content (AvgIpc) is 3.27. The fourth-order valence-corrected chi connectivity index (χ4v) is 3.74. The van der Waals surface area contributed by atoms with E-state index in [9.17, 15) is 4.79 Å². The average molecular weight is 291 g/mol. The van der Waals surface area contributed by atoms with Gasteiger partial charge in [-0.1, -0.05) is 31.9 Å². The molecule has 1 fully saturated rings. The third kappa shape index (κ3) is 4.86. The normalized spacial score (nSPS) is 25.1. The van der Waals surface area contributed by atoms with Gasteiger partial charge >= 0.3 is 0 Å². The van der Waals surface area contributed by atoms with Crippen molar-refractivity contribution < 1.29 is 4.79 Å². The first-order valence-corrected chi connectivity index (χ1v) is 8.92. The molecule has 1 amide bonds. The summed E-state index contributed by atoms with van der Waals surface area (Å²) in [5.41, 5.74) is 1.56. The second-order valence-corrected chi connectivity index (χ2v) is 7.48. The summed E-state index contributed by atoms with van der Waals surface area (Å²) >= 11 is 0. The van der Waals surface area contributed by atoms with Gasteiger partial charge < -0.3 is 4.90 Å². The van der Waals surface area contributed by atoms with Crippen LogP contribution in [0.4, 0.5) is 0 Å². The molecule has 0 aromatic heterocycles. The summed E-state index contributed by atoms with van der Waals surface area (Å²) in [6.07, 6.45) is 10.1. The molecule has 2 rings (SSSR count). The van der Waals surface area contributed by atoms with Gasteiger partial charge in [0.15, 0.2) is 0 Å². The second kappa shape index (κ2) is 7.47. The quantitative estimate of drug-likeness (QED) is 0.625. The molecule has 120 valence electrons. The lowest BCUT2D eigenvalue weighted by molar-refractivity contribution is -0.130. The minimum absolute atomic E-state index is 0.270. The molecule has 0 aromatic carbocycles. The largest absolute Gasteiger partial charge is 0.342 e. The molecular formula is C19H33NO. The zero-order valence-corrected chi connectivity index (χ0v) is 14.4. The van der Waals surface area contributed by atoms with Crippen molar-refractivity contribution in [1.29, 1.82) is 0 Å². The highest BCUT2D eigenvalue weighted by atomic mass is 16.2. The zero-order valence-electron chi connectivity index (χ0n) is 14.4. The predicted molar refractivity (Wildman–Crippen MR) is 89.0 cm³/mol. The maximum absolute atomic E-state index is 11.9. The van der Waals surface area contributed by atoms with Gasteiger partial charge in [0.1, 0.15) is 0 Å². The summed E-state index contributed by atoms with van der Waals surface area (Å²) in [5, 5.41) is 0. The highest BCUT2D eigenvalue weighted by Gasteiger charge is 2.30. The molecule has 3 atom stereocenters. The molecule has 3 unspecified atom stereocenters. The molecule has 0 saturated heterocycles. The predicted octanol–water partition coefficient (Wildman–Crippen LogP) is 4.65. The van der Waals surface area contributed by atoms with Crippen LogP contribution in [0.15, 0.2) is 11.6 Å². The minimum atomic E-state index is 0.270. The number of allylic oxidation sites excluding steroid dienone is 2. The third-order valence-electron chi connectivity index (χ3n) is 5.77. The number of carbonyl (C=O) groups is 1. The summed E-state index contributed by atoms with van der Waals surface area (Å²) < 4.78 is 0. The molecule has 0 heterocycles. The Morgan fingerprint density at radius 1 is 1.38 bits per heavy atom. The van der Waals surface area contributed by atoms with Crippen molar-refractivity contribution >= 4 is 5.91 Å². The first-order valence-electron chi connectivity index (χ1n) is 8.92. The van der Waals surface area contributed by atoms with Gasteiger partial charge in [-0.3, -0.25) is 4.79 Å². The summed E-state index contributed by atoms with van der Waals surface area (Å²) in [5.74, 6) is 3.26. The maximum atomic E-state index is 11.9. The number of carbonyl (C=O) groups excluding carboxylic acids is 1. The van der Waals surface area contributed by atoms with E-state index in [1.54, 1.807) is 12.5 Å². The van der Waals surface area contributed by atoms with E-state index < -0.39 is 0 Å². The van der Waals surface area contributed by atoms with Crippen LogP contribution in [0.1, 0.15) is 66.2 Å². The van der Waals surface area contributed by atoms with E-state index in [-0.39, 0.29) is 5.91 Å². The molecule has 0 spiro atoms. The fourth-order valence-electron chi connectivity index (χ4n) is 3.74. The molecule has 2 heteroatoms. The van der Waals surface area contributed by atoms with Crippen LogP contribution >= 0.6 is 0 Å². The lowest BCUT2D eigenvalue weighted by atomic mass is 9.74. The van der Waals surface area contributed by atoms with Gasteiger partial charge in [0.05, 0.1) is 0 Å². The van der Waals surface area contributed by atoms with E-state index in [4.69, 9.17) is 0 Å². The van der Waals surface area contributed by atoms with E-state index in [1.165, 1.54) is 38.5 Å². The van der Waals surface area contributed by atoms with Crippen LogP contribution in [-0.2, 0) is 4.79 Å². The van der Waals surface area contributed by atoms with E-state index in [0.717, 1.165) is 30.8 Å². The maximum Gasteiger partial charge on any atom is 0.219 e. The van der Waals surface area contributed by atoms with Crippen molar-refractivity contribution in [2.24, 2.45) is 23.7 Å². The Kier molecular flexibility index (Phi) is 5.89. The third-order valence-corrected chi connectivity index (χ3v) is 5.77. The molecule has 0 aromatic rings. The van der Waals surface area contributed by atoms with E-state index in [1.807, 2.05) is 0 Å². The number of nitrogens with zero attached hydrogens (tertiary/aromatic N) is 1. The molecule has 0 N–H and O–H groups in total. The van der Waals surface area contributed by atoms with Crippen molar-refractivity contribution in [1.82, 2.24) is 4.90 Å². The standard InChI is InChI=1S/C19H33NO/c1-5-18(13-20(16(4)21)12-17-8-9-17)15(3)19-10-6-14(2)7-11-19/h6,15,17-19H,5,7-13H2,1-4H3. The highest BCUT2D eigenvalue weighted by molar-refractivity contribution is 5.73. The van der Waals surface area contributed by atoms with E-state index >= 15 is 0 Å². The Labute approximate surface area is 131 Å². The number of hydrogen-bond acceptors (Lipinski definition) is 1. The van der Waals surface area contributed by atoms with Crippen LogP contribution in [0.3, 0.4) is 0 Å². The van der Waals surface area contributed by atoms with Gasteiger partial charge in [0, 0.05) is 20.0 Å². The van der Waals surface area contributed by atoms with E-state index in [0.29, 0.717) is 5.92 Å². The van der Waals surface area contributed by atoms with Crippen molar-refractivity contribution in [3.8, 4) is 0 Å². The molecule has 2 aliphatic carbocycles. The topological polar surface area (TPSA) is 20.3 Å². The molecule has 2 nitrogen and oxygen atoms in total. The Balaban J connectivity index is 1.92. The van der Waals surface area contributed by atoms with Crippen molar-refractivity contribution in [3.63, 3.8) is 0 Å². The van der Waals surface area contributed by atoms with E-state index in [2.05, 4.69) is 31.7 Å². The van der Waals surface area contributed by atoms with Gasteiger partial charge in [-0.05, 0) is 62.7 Å². The van der Waals surface area contributed by atoms with Gasteiger partial charge in [-0.15, -0.1) is 0 Å². The molecule has 2 aliphatic rings. The summed E-state index contributed by atoms with van der Waals surface area (Å²) in [6, 6.07) is 0. The van der Waals surface area contributed by atoms with Crippen LogP contribution < -0.4 is 0 Å². The van der Waals surface area contributed by atoms with Crippen LogP contribution in [0.2, 0.25) is 0 Å². The van der Waals surface area contributed by atoms with Crippen LogP contribution in [-0.4, -0.2) is 23.9 Å². The van der Waals surface area contributed by atoms with Gasteiger partial charge in [-0.25, -0.2) is 0 Å². The lowest BCUT2D eigenvalue weighted by Crippen LogP contribution is -2.38. The van der Waals surface area contributed by atoms with Crippen LogP contribution in [0, 0.1) is 23.7 Å². The fraction of sp³-hybridized carbons (Fsp3) is 0.842. The molecule has 0 radical (unpaired) electrons. The zero-order chi connectivity index (χ0) is 15.4. The Hall–Kier alpha value is -0.790. The summed E-state index contributed by atoms with van der Waals surface area (Å²) in [4.78, 5) is 14.0. The Morgan fingerprint density at radius 2 is 2.10 bits per heavy atom. The Morgan fingerprint density at radius 3 is 2.57 bits per heavy atom. The van der Waals surface area contributed by atoms with Gasteiger partial charge in [-0.2, -0.15) is 0 Å². The SMILES string of the molecule is CCC(CN(CC1CC1)C(C)=O)C(C)C1CC=C(C)CC1. The molecule has 1 saturated carbocycles. The Bertz CT molecular complexity index is 383. The molecule has 21 heavy (non-hydrogen) atoms. The second-order valence-electron chi connectivity index (χ2n) is 7.48. The number of amides is 1. The van der Waals surface area contributed by atoms with Crippen molar-refractivity contribution in [3.05, 3.63) is 11.6 Å². The number of rotatable bonds is 7. The molecule has 0 bridgehead atoms. The minimum Gasteiger partial charge on any atom is -0.342 e. The van der Waals surface area contributed by atoms with Crippen molar-refractivity contribution in [2.45, 2.75) is 66.2 Å². The molecular weight excluding hydrogens is 258 g/mol. The first-order chi connectivity index (χ1) is 10.0. The van der Waals surface area contributed by atoms with Gasteiger partial charge in [0.25, 0.3) is 0 Å². The lowest BCUT2D eigenvalue weighted by Gasteiger charge is -2.35. The summed E-state index contributed by atoms with van der Waals surface area (Å²) in [6.45, 7) is 10.7. The first kappa shape index (κ1) is 16.6. The monoisotopic (exact) mass is 291 g/mol. The molecule has 0 aliphatic heterocycles. The number of hydrogen-bond donors (Lipinski definition) is 0. The van der Waals surface area contributed by atoms with Crippen LogP contribution in [0.25, 0.3) is 0 Å². The van der Waals surface area contributed by atoms with Crippen molar-refractivity contribution in [2.75, 3.05) is 13.1 Å². The van der Waals surface area contributed by atoms with Gasteiger partial charge in [0.2, 0.25) is 5.91 Å². The smallest absolute Gasteiger partial charge is 0.219 e. The highest BCUT2D eigenvalue weighted by Crippen LogP contribution is 2.35. The summed E-state index contributed by atoms with van der Waals surface area (Å²) in [7, 11) is 0.